The van der Waals surface area contributed by atoms with Gasteiger partial charge in [0, 0.05) is 18.5 Å². The molecule has 0 spiro atoms. The van der Waals surface area contributed by atoms with Crippen molar-refractivity contribution in [1.82, 2.24) is 0 Å². The third-order valence-electron chi connectivity index (χ3n) is 3.09. The molecule has 0 saturated heterocycles. The van der Waals surface area contributed by atoms with Crippen molar-refractivity contribution in [2.24, 2.45) is 0 Å². The molecule has 1 N–H and O–H groups in total. The van der Waals surface area contributed by atoms with E-state index >= 15 is 0 Å². The molecule has 0 fully saturated rings. The fourth-order valence-electron chi connectivity index (χ4n) is 2.22. The predicted octanol–water partition coefficient (Wildman–Crippen LogP) is 2.51. The fourth-order valence-corrected chi connectivity index (χ4v) is 2.22. The van der Waals surface area contributed by atoms with Gasteiger partial charge in [0.05, 0.1) is 16.9 Å². The zero-order chi connectivity index (χ0) is 13.3. The molecular formula is C14H17N3O. The maximum atomic E-state index is 11.7. The average molecular weight is 243 g/mol. The van der Waals surface area contributed by atoms with E-state index in [1.165, 1.54) is 0 Å². The molecule has 1 aromatic rings. The van der Waals surface area contributed by atoms with Crippen molar-refractivity contribution in [3.8, 4) is 6.07 Å². The van der Waals surface area contributed by atoms with Crippen molar-refractivity contribution in [3.05, 3.63) is 23.8 Å². The van der Waals surface area contributed by atoms with Crippen LogP contribution in [0.3, 0.4) is 0 Å². The minimum absolute atomic E-state index is 0.0364. The Morgan fingerprint density at radius 2 is 2.11 bits per heavy atom. The Morgan fingerprint density at radius 3 is 2.72 bits per heavy atom. The first-order chi connectivity index (χ1) is 8.43. The van der Waals surface area contributed by atoms with Crippen molar-refractivity contribution in [2.45, 2.75) is 32.7 Å². The zero-order valence-corrected chi connectivity index (χ0v) is 10.9. The van der Waals surface area contributed by atoms with Gasteiger partial charge in [-0.15, -0.1) is 0 Å². The number of fused-ring (bicyclic) bond motifs is 1. The molecule has 0 aromatic heterocycles. The van der Waals surface area contributed by atoms with Gasteiger partial charge in [-0.2, -0.15) is 5.26 Å². The molecule has 1 aromatic carbocycles. The van der Waals surface area contributed by atoms with E-state index in [9.17, 15) is 4.79 Å². The van der Waals surface area contributed by atoms with Crippen molar-refractivity contribution in [3.63, 3.8) is 0 Å². The van der Waals surface area contributed by atoms with E-state index in [4.69, 9.17) is 5.26 Å². The van der Waals surface area contributed by atoms with Crippen molar-refractivity contribution < 1.29 is 4.79 Å². The first-order valence-corrected chi connectivity index (χ1v) is 6.04. The van der Waals surface area contributed by atoms with Gasteiger partial charge in [-0.1, -0.05) is 6.07 Å². The van der Waals surface area contributed by atoms with Gasteiger partial charge in [-0.3, -0.25) is 4.79 Å². The summed E-state index contributed by atoms with van der Waals surface area (Å²) in [4.78, 5) is 13.9. The molecule has 0 bridgehead atoms. The maximum Gasteiger partial charge on any atom is 0.226 e. The van der Waals surface area contributed by atoms with Crippen LogP contribution in [0.2, 0.25) is 0 Å². The number of hydrogen-bond acceptors (Lipinski definition) is 3. The summed E-state index contributed by atoms with van der Waals surface area (Å²) in [5.74, 6) is -0.0364. The highest BCUT2D eigenvalue weighted by atomic mass is 16.1. The Morgan fingerprint density at radius 1 is 1.39 bits per heavy atom. The monoisotopic (exact) mass is 243 g/mol. The highest BCUT2D eigenvalue weighted by Crippen LogP contribution is 2.35. The molecule has 1 heterocycles. The summed E-state index contributed by atoms with van der Waals surface area (Å²) in [6.07, 6.45) is 0.441. The van der Waals surface area contributed by atoms with E-state index in [-0.39, 0.29) is 11.4 Å². The SMILES string of the molecule is CC(C)(C)N1CCC(=O)Nc2c(C#N)cccc21. The van der Waals surface area contributed by atoms with Crippen LogP contribution in [-0.4, -0.2) is 18.0 Å². The quantitative estimate of drug-likeness (QED) is 0.761. The Kier molecular flexibility index (Phi) is 3.00. The third-order valence-corrected chi connectivity index (χ3v) is 3.09. The first kappa shape index (κ1) is 12.4. The number of para-hydroxylation sites is 1. The predicted molar refractivity (Wildman–Crippen MR) is 71.5 cm³/mol. The van der Waals surface area contributed by atoms with Gasteiger partial charge in [0.25, 0.3) is 0 Å². The number of anilines is 2. The molecule has 1 aliphatic heterocycles. The molecule has 94 valence electrons. The summed E-state index contributed by atoms with van der Waals surface area (Å²) < 4.78 is 0. The van der Waals surface area contributed by atoms with Crippen LogP contribution in [0, 0.1) is 11.3 Å². The minimum atomic E-state index is -0.0882. The molecule has 0 saturated carbocycles. The minimum Gasteiger partial charge on any atom is -0.364 e. The summed E-state index contributed by atoms with van der Waals surface area (Å²) in [5.41, 5.74) is 1.98. The number of carbonyl (C=O) groups excluding carboxylic acids is 1. The van der Waals surface area contributed by atoms with Crippen molar-refractivity contribution in [2.75, 3.05) is 16.8 Å². The standard InChI is InChI=1S/C14H17N3O/c1-14(2,3)17-8-7-12(18)16-13-10(9-15)5-4-6-11(13)17/h4-6H,7-8H2,1-3H3,(H,16,18). The molecule has 18 heavy (non-hydrogen) atoms. The van der Waals surface area contributed by atoms with Crippen molar-refractivity contribution >= 4 is 17.3 Å². The Balaban J connectivity index is 2.60. The molecule has 1 aliphatic rings. The third kappa shape index (κ3) is 2.17. The van der Waals surface area contributed by atoms with E-state index in [1.54, 1.807) is 6.07 Å². The van der Waals surface area contributed by atoms with Crippen LogP contribution >= 0.6 is 0 Å². The number of hydrogen-bond donors (Lipinski definition) is 1. The van der Waals surface area contributed by atoms with E-state index < -0.39 is 0 Å². The second-order valence-corrected chi connectivity index (χ2v) is 5.43. The maximum absolute atomic E-state index is 11.7. The first-order valence-electron chi connectivity index (χ1n) is 6.04. The van der Waals surface area contributed by atoms with Gasteiger partial charge < -0.3 is 10.2 Å². The Labute approximate surface area is 107 Å². The summed E-state index contributed by atoms with van der Waals surface area (Å²) in [6.45, 7) is 6.97. The molecule has 0 radical (unpaired) electrons. The van der Waals surface area contributed by atoms with Gasteiger partial charge in [0.1, 0.15) is 6.07 Å². The summed E-state index contributed by atoms with van der Waals surface area (Å²) in [6, 6.07) is 7.67. The molecule has 0 aliphatic carbocycles. The van der Waals surface area contributed by atoms with Gasteiger partial charge in [0.15, 0.2) is 0 Å². The van der Waals surface area contributed by atoms with Crippen LogP contribution in [0.15, 0.2) is 18.2 Å². The van der Waals surface area contributed by atoms with Gasteiger partial charge >= 0.3 is 0 Å². The van der Waals surface area contributed by atoms with Crippen molar-refractivity contribution in [1.29, 1.82) is 5.26 Å². The normalized spacial score (nSPS) is 15.4. The van der Waals surface area contributed by atoms with Crippen LogP contribution in [0.5, 0.6) is 0 Å². The lowest BCUT2D eigenvalue weighted by Crippen LogP contribution is -2.42. The number of amides is 1. The average Bonchev–Trinajstić information content (AvgIpc) is 2.45. The molecule has 4 nitrogen and oxygen atoms in total. The van der Waals surface area contributed by atoms with E-state index in [0.717, 1.165) is 5.69 Å². The summed E-state index contributed by atoms with van der Waals surface area (Å²) in [5, 5.41) is 12.0. The number of nitrogens with one attached hydrogen (secondary N) is 1. The van der Waals surface area contributed by atoms with Crippen LogP contribution < -0.4 is 10.2 Å². The molecule has 1 amide bonds. The number of carbonyl (C=O) groups is 1. The molecule has 4 heteroatoms. The van der Waals surface area contributed by atoms with E-state index in [0.29, 0.717) is 24.2 Å². The molecular weight excluding hydrogens is 226 g/mol. The van der Waals surface area contributed by atoms with Gasteiger partial charge in [0.2, 0.25) is 5.91 Å². The zero-order valence-electron chi connectivity index (χ0n) is 10.9. The topological polar surface area (TPSA) is 56.1 Å². The highest BCUT2D eigenvalue weighted by Gasteiger charge is 2.28. The fraction of sp³-hybridized carbons (Fsp3) is 0.429. The molecule has 2 rings (SSSR count). The second kappa shape index (κ2) is 4.34. The number of rotatable bonds is 0. The van der Waals surface area contributed by atoms with Gasteiger partial charge in [-0.05, 0) is 32.9 Å². The Hall–Kier alpha value is -2.02. The van der Waals surface area contributed by atoms with E-state index in [1.807, 2.05) is 12.1 Å². The van der Waals surface area contributed by atoms with Crippen LogP contribution in [-0.2, 0) is 4.79 Å². The number of nitriles is 1. The van der Waals surface area contributed by atoms with Crippen LogP contribution in [0.1, 0.15) is 32.8 Å². The number of nitrogens with zero attached hydrogens (tertiary/aromatic N) is 2. The largest absolute Gasteiger partial charge is 0.364 e. The Bertz CT molecular complexity index is 523. The van der Waals surface area contributed by atoms with Crippen LogP contribution in [0.25, 0.3) is 0 Å². The molecule has 0 unspecified atom stereocenters. The lowest BCUT2D eigenvalue weighted by Gasteiger charge is -2.37. The lowest BCUT2D eigenvalue weighted by molar-refractivity contribution is -0.116. The second-order valence-electron chi connectivity index (χ2n) is 5.43. The highest BCUT2D eigenvalue weighted by molar-refractivity contribution is 5.98. The summed E-state index contributed by atoms with van der Waals surface area (Å²) in [7, 11) is 0. The smallest absolute Gasteiger partial charge is 0.226 e. The number of benzene rings is 1. The molecule has 0 atom stereocenters. The van der Waals surface area contributed by atoms with E-state index in [2.05, 4.69) is 37.1 Å². The van der Waals surface area contributed by atoms with Gasteiger partial charge in [-0.25, -0.2) is 0 Å². The lowest BCUT2D eigenvalue weighted by atomic mass is 10.0. The summed E-state index contributed by atoms with van der Waals surface area (Å²) >= 11 is 0. The van der Waals surface area contributed by atoms with Crippen LogP contribution in [0.4, 0.5) is 11.4 Å².